The first-order valence-electron chi connectivity index (χ1n) is 9.58. The molecule has 1 saturated heterocycles. The van der Waals surface area contributed by atoms with E-state index in [1.165, 1.54) is 0 Å². The average Bonchev–Trinajstić information content (AvgIpc) is 2.67. The molecule has 2 aromatic rings. The monoisotopic (exact) mass is 365 g/mol. The van der Waals surface area contributed by atoms with Gasteiger partial charge in [-0.3, -0.25) is 14.6 Å². The molecule has 1 aliphatic rings. The predicted molar refractivity (Wildman–Crippen MR) is 105 cm³/mol. The van der Waals surface area contributed by atoms with Gasteiger partial charge in [0.2, 0.25) is 5.91 Å². The SMILES string of the molecule is Cc1cc(C)cc(C(=O)N2CCCC(C(=O)NCCc3ccccn3)C2)c1. The second-order valence-corrected chi connectivity index (χ2v) is 7.33. The van der Waals surface area contributed by atoms with Crippen molar-refractivity contribution in [1.82, 2.24) is 15.2 Å². The van der Waals surface area contributed by atoms with Crippen LogP contribution in [0.5, 0.6) is 0 Å². The van der Waals surface area contributed by atoms with Gasteiger partial charge in [-0.1, -0.05) is 23.3 Å². The van der Waals surface area contributed by atoms with E-state index in [2.05, 4.69) is 16.4 Å². The number of carbonyl (C=O) groups excluding carboxylic acids is 2. The zero-order valence-corrected chi connectivity index (χ0v) is 16.1. The molecule has 0 saturated carbocycles. The lowest BCUT2D eigenvalue weighted by Crippen LogP contribution is -2.45. The third kappa shape index (κ3) is 5.16. The van der Waals surface area contributed by atoms with Crippen LogP contribution >= 0.6 is 0 Å². The topological polar surface area (TPSA) is 62.3 Å². The second-order valence-electron chi connectivity index (χ2n) is 7.33. The zero-order valence-electron chi connectivity index (χ0n) is 16.1. The number of amides is 2. The number of likely N-dealkylation sites (tertiary alicyclic amines) is 1. The number of benzene rings is 1. The summed E-state index contributed by atoms with van der Waals surface area (Å²) in [6.07, 6.45) is 4.15. The predicted octanol–water partition coefficient (Wildman–Crippen LogP) is 2.91. The number of rotatable bonds is 5. The van der Waals surface area contributed by atoms with E-state index in [0.717, 1.165) is 29.7 Å². The highest BCUT2D eigenvalue weighted by molar-refractivity contribution is 5.95. The van der Waals surface area contributed by atoms with Crippen LogP contribution in [-0.4, -0.2) is 41.3 Å². The minimum Gasteiger partial charge on any atom is -0.355 e. The summed E-state index contributed by atoms with van der Waals surface area (Å²) in [7, 11) is 0. The fourth-order valence-corrected chi connectivity index (χ4v) is 3.66. The molecule has 1 N–H and O–H groups in total. The summed E-state index contributed by atoms with van der Waals surface area (Å²) in [5, 5.41) is 3.00. The first kappa shape index (κ1) is 19.1. The Morgan fingerprint density at radius 1 is 1.19 bits per heavy atom. The molecule has 1 unspecified atom stereocenters. The summed E-state index contributed by atoms with van der Waals surface area (Å²) in [6, 6.07) is 11.7. The Hall–Kier alpha value is -2.69. The van der Waals surface area contributed by atoms with E-state index < -0.39 is 0 Å². The van der Waals surface area contributed by atoms with Crippen molar-refractivity contribution in [3.8, 4) is 0 Å². The van der Waals surface area contributed by atoms with Crippen molar-refractivity contribution >= 4 is 11.8 Å². The quantitative estimate of drug-likeness (QED) is 0.886. The molecule has 0 bridgehead atoms. The van der Waals surface area contributed by atoms with Crippen LogP contribution in [-0.2, 0) is 11.2 Å². The maximum Gasteiger partial charge on any atom is 0.253 e. The Labute approximate surface area is 160 Å². The Bertz CT molecular complexity index is 784. The van der Waals surface area contributed by atoms with E-state index in [9.17, 15) is 9.59 Å². The van der Waals surface area contributed by atoms with E-state index in [-0.39, 0.29) is 17.7 Å². The lowest BCUT2D eigenvalue weighted by Gasteiger charge is -2.32. The normalized spacial score (nSPS) is 16.8. The van der Waals surface area contributed by atoms with Crippen LogP contribution < -0.4 is 5.32 Å². The molecule has 5 nitrogen and oxygen atoms in total. The lowest BCUT2D eigenvalue weighted by atomic mass is 9.96. The molecule has 142 valence electrons. The highest BCUT2D eigenvalue weighted by Crippen LogP contribution is 2.20. The maximum absolute atomic E-state index is 12.9. The van der Waals surface area contributed by atoms with Crippen LogP contribution in [0.3, 0.4) is 0 Å². The van der Waals surface area contributed by atoms with Gasteiger partial charge in [0.15, 0.2) is 0 Å². The minimum absolute atomic E-state index is 0.0211. The van der Waals surface area contributed by atoms with Gasteiger partial charge < -0.3 is 10.2 Å². The minimum atomic E-state index is -0.141. The van der Waals surface area contributed by atoms with Crippen LogP contribution in [0.4, 0.5) is 0 Å². The van der Waals surface area contributed by atoms with Crippen molar-refractivity contribution < 1.29 is 9.59 Å². The Balaban J connectivity index is 1.55. The number of aromatic nitrogens is 1. The van der Waals surface area contributed by atoms with Gasteiger partial charge in [-0.05, 0) is 51.0 Å². The molecule has 1 atom stereocenters. The van der Waals surface area contributed by atoms with Crippen molar-refractivity contribution in [3.05, 3.63) is 65.0 Å². The summed E-state index contributed by atoms with van der Waals surface area (Å²) in [5.74, 6) is -0.0889. The first-order valence-corrected chi connectivity index (χ1v) is 9.58. The summed E-state index contributed by atoms with van der Waals surface area (Å²) >= 11 is 0. The molecule has 0 spiro atoms. The van der Waals surface area contributed by atoms with Crippen molar-refractivity contribution in [2.24, 2.45) is 5.92 Å². The van der Waals surface area contributed by atoms with E-state index >= 15 is 0 Å². The van der Waals surface area contributed by atoms with Crippen LogP contribution in [0, 0.1) is 19.8 Å². The number of nitrogens with zero attached hydrogens (tertiary/aromatic N) is 2. The first-order chi connectivity index (χ1) is 13.0. The second kappa shape index (κ2) is 8.80. The number of hydrogen-bond donors (Lipinski definition) is 1. The standard InChI is InChI=1S/C22H27N3O2/c1-16-12-17(2)14-19(13-16)22(27)25-11-5-6-18(15-25)21(26)24-10-8-20-7-3-4-9-23-20/h3-4,7,9,12-14,18H,5-6,8,10-11,15H2,1-2H3,(H,24,26). The molecular weight excluding hydrogens is 338 g/mol. The fraction of sp³-hybridized carbons (Fsp3) is 0.409. The van der Waals surface area contributed by atoms with Crippen LogP contribution in [0.2, 0.25) is 0 Å². The number of pyridine rings is 1. The molecule has 1 fully saturated rings. The lowest BCUT2D eigenvalue weighted by molar-refractivity contribution is -0.126. The summed E-state index contributed by atoms with van der Waals surface area (Å²) in [6.45, 7) is 5.76. The van der Waals surface area contributed by atoms with E-state index in [0.29, 0.717) is 31.6 Å². The number of hydrogen-bond acceptors (Lipinski definition) is 3. The molecule has 2 heterocycles. The highest BCUT2D eigenvalue weighted by Gasteiger charge is 2.28. The summed E-state index contributed by atoms with van der Waals surface area (Å²) in [5.41, 5.74) is 3.84. The Morgan fingerprint density at radius 2 is 1.96 bits per heavy atom. The molecular formula is C22H27N3O2. The van der Waals surface area contributed by atoms with Gasteiger partial charge in [-0.2, -0.15) is 0 Å². The Kier molecular flexibility index (Phi) is 6.22. The van der Waals surface area contributed by atoms with E-state index in [1.807, 2.05) is 49.1 Å². The number of piperidine rings is 1. The smallest absolute Gasteiger partial charge is 0.253 e. The molecule has 3 rings (SSSR count). The molecule has 0 radical (unpaired) electrons. The van der Waals surface area contributed by atoms with Gasteiger partial charge in [-0.15, -0.1) is 0 Å². The molecule has 27 heavy (non-hydrogen) atoms. The van der Waals surface area contributed by atoms with Crippen LogP contribution in [0.15, 0.2) is 42.6 Å². The largest absolute Gasteiger partial charge is 0.355 e. The molecule has 0 aliphatic carbocycles. The fourth-order valence-electron chi connectivity index (χ4n) is 3.66. The summed E-state index contributed by atoms with van der Waals surface area (Å²) < 4.78 is 0. The van der Waals surface area contributed by atoms with Crippen molar-refractivity contribution in [2.75, 3.05) is 19.6 Å². The zero-order chi connectivity index (χ0) is 19.2. The molecule has 1 aromatic heterocycles. The van der Waals surface area contributed by atoms with E-state index in [4.69, 9.17) is 0 Å². The highest BCUT2D eigenvalue weighted by atomic mass is 16.2. The van der Waals surface area contributed by atoms with Crippen LogP contribution in [0.1, 0.15) is 40.0 Å². The molecule has 1 aliphatic heterocycles. The van der Waals surface area contributed by atoms with Crippen molar-refractivity contribution in [3.63, 3.8) is 0 Å². The van der Waals surface area contributed by atoms with Gasteiger partial charge >= 0.3 is 0 Å². The van der Waals surface area contributed by atoms with Crippen molar-refractivity contribution in [1.29, 1.82) is 0 Å². The maximum atomic E-state index is 12.9. The Morgan fingerprint density at radius 3 is 2.67 bits per heavy atom. The average molecular weight is 365 g/mol. The number of carbonyl (C=O) groups is 2. The summed E-state index contributed by atoms with van der Waals surface area (Å²) in [4.78, 5) is 31.5. The van der Waals surface area contributed by atoms with Crippen molar-refractivity contribution in [2.45, 2.75) is 33.1 Å². The van der Waals surface area contributed by atoms with Crippen LogP contribution in [0.25, 0.3) is 0 Å². The molecule has 2 amide bonds. The third-order valence-electron chi connectivity index (χ3n) is 4.95. The van der Waals surface area contributed by atoms with Gasteiger partial charge in [0.05, 0.1) is 5.92 Å². The molecule has 5 heteroatoms. The van der Waals surface area contributed by atoms with Gasteiger partial charge in [0, 0.05) is 43.5 Å². The molecule has 1 aromatic carbocycles. The number of nitrogens with one attached hydrogen (secondary N) is 1. The third-order valence-corrected chi connectivity index (χ3v) is 4.95. The van der Waals surface area contributed by atoms with Gasteiger partial charge in [0.25, 0.3) is 5.91 Å². The number of aryl methyl sites for hydroxylation is 2. The van der Waals surface area contributed by atoms with E-state index in [1.54, 1.807) is 6.20 Å². The van der Waals surface area contributed by atoms with Gasteiger partial charge in [-0.25, -0.2) is 0 Å². The van der Waals surface area contributed by atoms with Gasteiger partial charge in [0.1, 0.15) is 0 Å².